The fourth-order valence-electron chi connectivity index (χ4n) is 3.45. The molecular formula is C20H16ClN. The van der Waals surface area contributed by atoms with Crippen molar-refractivity contribution in [2.24, 2.45) is 0 Å². The molecule has 0 unspecified atom stereocenters. The standard InChI is InChI=1S/C20H16ClN/c1-20(2)18-6-4-3-5-16(18)17-8-7-13(10-19(17)20)14-9-15(21)12-22-11-14/h3-12H,1-2H3. The van der Waals surface area contributed by atoms with E-state index in [0.29, 0.717) is 5.02 Å². The molecule has 0 amide bonds. The van der Waals surface area contributed by atoms with Gasteiger partial charge in [0.2, 0.25) is 0 Å². The largest absolute Gasteiger partial charge is 0.263 e. The summed E-state index contributed by atoms with van der Waals surface area (Å²) < 4.78 is 0. The summed E-state index contributed by atoms with van der Waals surface area (Å²) in [6.07, 6.45) is 3.53. The first-order valence-electron chi connectivity index (χ1n) is 7.43. The normalized spacial score (nSPS) is 14.5. The summed E-state index contributed by atoms with van der Waals surface area (Å²) in [4.78, 5) is 4.20. The van der Waals surface area contributed by atoms with Crippen molar-refractivity contribution in [2.75, 3.05) is 0 Å². The number of hydrogen-bond donors (Lipinski definition) is 0. The van der Waals surface area contributed by atoms with Gasteiger partial charge in [-0.25, -0.2) is 0 Å². The van der Waals surface area contributed by atoms with Gasteiger partial charge in [-0.1, -0.05) is 61.8 Å². The van der Waals surface area contributed by atoms with Gasteiger partial charge in [-0.15, -0.1) is 0 Å². The maximum Gasteiger partial charge on any atom is 0.0595 e. The first-order valence-corrected chi connectivity index (χ1v) is 7.80. The molecule has 0 atom stereocenters. The Bertz CT molecular complexity index is 880. The van der Waals surface area contributed by atoms with Gasteiger partial charge in [-0.05, 0) is 39.9 Å². The second-order valence-electron chi connectivity index (χ2n) is 6.32. The van der Waals surface area contributed by atoms with Crippen LogP contribution in [0, 0.1) is 0 Å². The van der Waals surface area contributed by atoms with Crippen LogP contribution in [0.3, 0.4) is 0 Å². The van der Waals surface area contributed by atoms with Crippen LogP contribution in [0.15, 0.2) is 60.9 Å². The molecule has 0 saturated carbocycles. The van der Waals surface area contributed by atoms with E-state index in [1.54, 1.807) is 6.20 Å². The van der Waals surface area contributed by atoms with Crippen LogP contribution in [-0.2, 0) is 5.41 Å². The highest BCUT2D eigenvalue weighted by Crippen LogP contribution is 2.49. The molecule has 4 rings (SSSR count). The van der Waals surface area contributed by atoms with Crippen molar-refractivity contribution in [1.29, 1.82) is 0 Å². The second-order valence-corrected chi connectivity index (χ2v) is 6.76. The predicted molar refractivity (Wildman–Crippen MR) is 92.2 cm³/mol. The average Bonchev–Trinajstić information content (AvgIpc) is 2.76. The second kappa shape index (κ2) is 4.69. The van der Waals surface area contributed by atoms with Gasteiger partial charge in [0.1, 0.15) is 0 Å². The Balaban J connectivity index is 1.92. The number of nitrogens with zero attached hydrogens (tertiary/aromatic N) is 1. The van der Waals surface area contributed by atoms with Crippen LogP contribution in [0.25, 0.3) is 22.3 Å². The number of pyridine rings is 1. The van der Waals surface area contributed by atoms with Crippen LogP contribution in [0.5, 0.6) is 0 Å². The van der Waals surface area contributed by atoms with E-state index in [4.69, 9.17) is 11.6 Å². The number of hydrogen-bond acceptors (Lipinski definition) is 1. The van der Waals surface area contributed by atoms with Gasteiger partial charge in [0.15, 0.2) is 0 Å². The smallest absolute Gasteiger partial charge is 0.0595 e. The van der Waals surface area contributed by atoms with E-state index in [0.717, 1.165) is 11.1 Å². The molecule has 1 nitrogen and oxygen atoms in total. The van der Waals surface area contributed by atoms with E-state index in [1.807, 2.05) is 12.3 Å². The minimum absolute atomic E-state index is 0.0218. The third-order valence-corrected chi connectivity index (χ3v) is 4.83. The molecule has 2 aromatic carbocycles. The lowest BCUT2D eigenvalue weighted by molar-refractivity contribution is 0.660. The summed E-state index contributed by atoms with van der Waals surface area (Å²) in [7, 11) is 0. The molecular weight excluding hydrogens is 290 g/mol. The molecule has 0 saturated heterocycles. The van der Waals surface area contributed by atoms with Gasteiger partial charge in [0, 0.05) is 23.4 Å². The van der Waals surface area contributed by atoms with E-state index in [-0.39, 0.29) is 5.41 Å². The molecule has 108 valence electrons. The molecule has 0 N–H and O–H groups in total. The van der Waals surface area contributed by atoms with Crippen LogP contribution in [0.1, 0.15) is 25.0 Å². The van der Waals surface area contributed by atoms with E-state index in [1.165, 1.54) is 22.3 Å². The molecule has 1 aliphatic rings. The third kappa shape index (κ3) is 1.89. The number of halogens is 1. The Labute approximate surface area is 135 Å². The van der Waals surface area contributed by atoms with Crippen molar-refractivity contribution in [3.8, 4) is 22.3 Å². The fourth-order valence-corrected chi connectivity index (χ4v) is 3.63. The topological polar surface area (TPSA) is 12.9 Å². The summed E-state index contributed by atoms with van der Waals surface area (Å²) in [5, 5.41) is 0.667. The molecule has 0 fully saturated rings. The maximum atomic E-state index is 6.08. The van der Waals surface area contributed by atoms with Gasteiger partial charge in [-0.3, -0.25) is 4.98 Å². The minimum Gasteiger partial charge on any atom is -0.263 e. The van der Waals surface area contributed by atoms with E-state index in [2.05, 4.69) is 61.3 Å². The van der Waals surface area contributed by atoms with E-state index < -0.39 is 0 Å². The zero-order valence-corrected chi connectivity index (χ0v) is 13.4. The van der Waals surface area contributed by atoms with Crippen LogP contribution >= 0.6 is 11.6 Å². The molecule has 22 heavy (non-hydrogen) atoms. The summed E-state index contributed by atoms with van der Waals surface area (Å²) in [5.74, 6) is 0. The summed E-state index contributed by atoms with van der Waals surface area (Å²) in [5.41, 5.74) is 7.68. The molecule has 1 aromatic heterocycles. The van der Waals surface area contributed by atoms with Crippen molar-refractivity contribution < 1.29 is 0 Å². The first-order chi connectivity index (χ1) is 10.6. The number of aromatic nitrogens is 1. The molecule has 1 aliphatic carbocycles. The SMILES string of the molecule is CC1(C)c2ccccc2-c2ccc(-c3cncc(Cl)c3)cc21. The van der Waals surface area contributed by atoms with Crippen molar-refractivity contribution in [1.82, 2.24) is 4.98 Å². The van der Waals surface area contributed by atoms with Crippen molar-refractivity contribution in [3.63, 3.8) is 0 Å². The van der Waals surface area contributed by atoms with Crippen molar-refractivity contribution in [2.45, 2.75) is 19.3 Å². The summed E-state index contributed by atoms with van der Waals surface area (Å²) >= 11 is 6.08. The lowest BCUT2D eigenvalue weighted by Gasteiger charge is -2.21. The summed E-state index contributed by atoms with van der Waals surface area (Å²) in [6.45, 7) is 4.58. The third-order valence-electron chi connectivity index (χ3n) is 4.62. The number of benzene rings is 2. The lowest BCUT2D eigenvalue weighted by Crippen LogP contribution is -2.14. The highest BCUT2D eigenvalue weighted by atomic mass is 35.5. The van der Waals surface area contributed by atoms with Gasteiger partial charge in [0.25, 0.3) is 0 Å². The minimum atomic E-state index is 0.0218. The Hall–Kier alpha value is -2.12. The van der Waals surface area contributed by atoms with Gasteiger partial charge < -0.3 is 0 Å². The molecule has 0 radical (unpaired) electrons. The van der Waals surface area contributed by atoms with Crippen molar-refractivity contribution >= 4 is 11.6 Å². The lowest BCUT2D eigenvalue weighted by atomic mass is 9.81. The maximum absolute atomic E-state index is 6.08. The highest BCUT2D eigenvalue weighted by Gasteiger charge is 2.35. The fraction of sp³-hybridized carbons (Fsp3) is 0.150. The van der Waals surface area contributed by atoms with Gasteiger partial charge in [0.05, 0.1) is 5.02 Å². The Morgan fingerprint density at radius 2 is 1.59 bits per heavy atom. The van der Waals surface area contributed by atoms with E-state index >= 15 is 0 Å². The Kier molecular flexibility index (Phi) is 2.88. The highest BCUT2D eigenvalue weighted by molar-refractivity contribution is 6.30. The zero-order chi connectivity index (χ0) is 15.3. The van der Waals surface area contributed by atoms with Gasteiger partial charge in [-0.2, -0.15) is 0 Å². The van der Waals surface area contributed by atoms with Crippen molar-refractivity contribution in [3.05, 3.63) is 77.1 Å². The molecule has 0 bridgehead atoms. The van der Waals surface area contributed by atoms with Crippen LogP contribution < -0.4 is 0 Å². The summed E-state index contributed by atoms with van der Waals surface area (Å²) in [6, 6.07) is 17.3. The quantitative estimate of drug-likeness (QED) is 0.561. The van der Waals surface area contributed by atoms with Gasteiger partial charge >= 0.3 is 0 Å². The predicted octanol–water partition coefficient (Wildman–Crippen LogP) is 5.71. The van der Waals surface area contributed by atoms with E-state index in [9.17, 15) is 0 Å². The Morgan fingerprint density at radius 3 is 2.41 bits per heavy atom. The first kappa shape index (κ1) is 13.5. The molecule has 0 spiro atoms. The number of fused-ring (bicyclic) bond motifs is 3. The molecule has 2 heteroatoms. The average molecular weight is 306 g/mol. The zero-order valence-electron chi connectivity index (χ0n) is 12.6. The van der Waals surface area contributed by atoms with Crippen LogP contribution in [0.2, 0.25) is 5.02 Å². The molecule has 0 aliphatic heterocycles. The number of rotatable bonds is 1. The monoisotopic (exact) mass is 305 g/mol. The Morgan fingerprint density at radius 1 is 0.818 bits per heavy atom. The van der Waals surface area contributed by atoms with Crippen LogP contribution in [0.4, 0.5) is 0 Å². The molecule has 3 aromatic rings. The molecule has 1 heterocycles. The van der Waals surface area contributed by atoms with Crippen LogP contribution in [-0.4, -0.2) is 4.98 Å².